The van der Waals surface area contributed by atoms with E-state index in [1.54, 1.807) is 6.20 Å². The van der Waals surface area contributed by atoms with Gasteiger partial charge in [0.25, 0.3) is 0 Å². The van der Waals surface area contributed by atoms with Crippen molar-refractivity contribution in [3.8, 4) is 0 Å². The molecule has 0 saturated carbocycles. The van der Waals surface area contributed by atoms with Gasteiger partial charge in [0.2, 0.25) is 5.91 Å². The lowest BCUT2D eigenvalue weighted by molar-refractivity contribution is -0.115. The van der Waals surface area contributed by atoms with Crippen molar-refractivity contribution < 1.29 is 4.79 Å². The lowest BCUT2D eigenvalue weighted by Crippen LogP contribution is -2.14. The number of H-pyrrole nitrogens is 1. The number of aromatic nitrogens is 3. The number of carbonyl (C=O) groups excluding carboxylic acids is 1. The highest BCUT2D eigenvalue weighted by Gasteiger charge is 2.11. The predicted molar refractivity (Wildman–Crippen MR) is 83.2 cm³/mol. The molecule has 0 bridgehead atoms. The first-order chi connectivity index (χ1) is 10.1. The molecule has 0 aromatic carbocycles. The number of nitrogens with zero attached hydrogens (tertiary/aromatic N) is 2. The smallest absolute Gasteiger partial charge is 0.230 e. The molecule has 2 aromatic heterocycles. The zero-order chi connectivity index (χ0) is 15.2. The number of rotatable bonds is 6. The minimum absolute atomic E-state index is 0.0816. The fraction of sp³-hybridized carbons (Fsp3) is 0.438. The van der Waals surface area contributed by atoms with E-state index in [0.717, 1.165) is 29.8 Å². The second-order valence-corrected chi connectivity index (χ2v) is 5.43. The van der Waals surface area contributed by atoms with Crippen LogP contribution in [0.4, 0.5) is 5.82 Å². The molecule has 0 radical (unpaired) electrons. The van der Waals surface area contributed by atoms with Crippen LogP contribution in [0.3, 0.4) is 0 Å². The second-order valence-electron chi connectivity index (χ2n) is 5.43. The van der Waals surface area contributed by atoms with Gasteiger partial charge in [-0.05, 0) is 30.9 Å². The number of anilines is 1. The monoisotopic (exact) mass is 286 g/mol. The molecule has 0 saturated heterocycles. The van der Waals surface area contributed by atoms with Crippen LogP contribution in [0.1, 0.15) is 49.6 Å². The van der Waals surface area contributed by atoms with Crippen LogP contribution in [0.2, 0.25) is 0 Å². The second kappa shape index (κ2) is 7.02. The zero-order valence-electron chi connectivity index (χ0n) is 12.8. The van der Waals surface area contributed by atoms with E-state index in [9.17, 15) is 4.79 Å². The fourth-order valence-corrected chi connectivity index (χ4v) is 2.22. The number of hydrogen-bond donors (Lipinski definition) is 2. The van der Waals surface area contributed by atoms with E-state index >= 15 is 0 Å². The molecule has 0 aliphatic carbocycles. The van der Waals surface area contributed by atoms with Gasteiger partial charge in [-0.1, -0.05) is 26.3 Å². The lowest BCUT2D eigenvalue weighted by Gasteiger charge is -2.05. The molecule has 5 heteroatoms. The number of pyridine rings is 1. The average molecular weight is 286 g/mol. The topological polar surface area (TPSA) is 70.7 Å². The molecule has 0 aliphatic rings. The summed E-state index contributed by atoms with van der Waals surface area (Å²) >= 11 is 0. The molecule has 2 aromatic rings. The Morgan fingerprint density at radius 2 is 2.24 bits per heavy atom. The Hall–Kier alpha value is -2.17. The molecule has 0 unspecified atom stereocenters. The van der Waals surface area contributed by atoms with Crippen LogP contribution in [0.25, 0.3) is 0 Å². The summed E-state index contributed by atoms with van der Waals surface area (Å²) < 4.78 is 0. The van der Waals surface area contributed by atoms with E-state index in [0.29, 0.717) is 18.2 Å². The van der Waals surface area contributed by atoms with Gasteiger partial charge in [0.1, 0.15) is 0 Å². The molecular formula is C16H22N4O. The molecule has 21 heavy (non-hydrogen) atoms. The standard InChI is InChI=1S/C16H22N4O/c1-4-5-11(2)14-9-15(20-19-14)18-16(21)8-13-7-6-12(3)17-10-13/h6-7,9-11H,4-5,8H2,1-3H3,(H2,18,19,20,21)/t11-/m1/s1. The van der Waals surface area contributed by atoms with Crippen LogP contribution in [0.15, 0.2) is 24.4 Å². The summed E-state index contributed by atoms with van der Waals surface area (Å²) in [7, 11) is 0. The van der Waals surface area contributed by atoms with Crippen molar-refractivity contribution in [1.82, 2.24) is 15.2 Å². The first-order valence-electron chi connectivity index (χ1n) is 7.35. The Labute approximate surface area is 125 Å². The lowest BCUT2D eigenvalue weighted by atomic mass is 10.0. The molecule has 5 nitrogen and oxygen atoms in total. The van der Waals surface area contributed by atoms with Gasteiger partial charge in [0.05, 0.1) is 6.42 Å². The normalized spacial score (nSPS) is 12.1. The van der Waals surface area contributed by atoms with Gasteiger partial charge in [-0.2, -0.15) is 5.10 Å². The van der Waals surface area contributed by atoms with Crippen LogP contribution in [0.5, 0.6) is 0 Å². The van der Waals surface area contributed by atoms with Gasteiger partial charge in [0, 0.05) is 23.7 Å². The maximum absolute atomic E-state index is 12.0. The van der Waals surface area contributed by atoms with Crippen LogP contribution in [-0.4, -0.2) is 21.1 Å². The van der Waals surface area contributed by atoms with Crippen molar-refractivity contribution in [2.45, 2.75) is 46.0 Å². The first-order valence-corrected chi connectivity index (χ1v) is 7.35. The van der Waals surface area contributed by atoms with E-state index in [1.807, 2.05) is 25.1 Å². The highest BCUT2D eigenvalue weighted by molar-refractivity contribution is 5.91. The highest BCUT2D eigenvalue weighted by Crippen LogP contribution is 2.20. The van der Waals surface area contributed by atoms with Crippen LogP contribution < -0.4 is 5.32 Å². The van der Waals surface area contributed by atoms with Crippen molar-refractivity contribution >= 4 is 11.7 Å². The molecule has 1 amide bonds. The van der Waals surface area contributed by atoms with Gasteiger partial charge < -0.3 is 5.32 Å². The molecule has 0 aliphatic heterocycles. The Kier molecular flexibility index (Phi) is 5.09. The zero-order valence-corrected chi connectivity index (χ0v) is 12.8. The Morgan fingerprint density at radius 3 is 2.90 bits per heavy atom. The van der Waals surface area contributed by atoms with E-state index < -0.39 is 0 Å². The molecular weight excluding hydrogens is 264 g/mol. The Morgan fingerprint density at radius 1 is 1.43 bits per heavy atom. The van der Waals surface area contributed by atoms with Crippen LogP contribution in [0, 0.1) is 6.92 Å². The average Bonchev–Trinajstić information content (AvgIpc) is 2.90. The fourth-order valence-electron chi connectivity index (χ4n) is 2.22. The van der Waals surface area contributed by atoms with Gasteiger partial charge in [-0.15, -0.1) is 0 Å². The molecule has 1 atom stereocenters. The van der Waals surface area contributed by atoms with Crippen molar-refractivity contribution in [2.24, 2.45) is 0 Å². The summed E-state index contributed by atoms with van der Waals surface area (Å²) in [6.45, 7) is 6.23. The number of amides is 1. The number of aromatic amines is 1. The van der Waals surface area contributed by atoms with E-state index in [4.69, 9.17) is 0 Å². The van der Waals surface area contributed by atoms with Crippen molar-refractivity contribution in [3.63, 3.8) is 0 Å². The summed E-state index contributed by atoms with van der Waals surface area (Å²) in [4.78, 5) is 16.2. The maximum atomic E-state index is 12.0. The highest BCUT2D eigenvalue weighted by atomic mass is 16.1. The molecule has 112 valence electrons. The minimum atomic E-state index is -0.0816. The molecule has 2 N–H and O–H groups in total. The summed E-state index contributed by atoms with van der Waals surface area (Å²) in [5.74, 6) is 0.925. The van der Waals surface area contributed by atoms with Crippen LogP contribution >= 0.6 is 0 Å². The van der Waals surface area contributed by atoms with Crippen LogP contribution in [-0.2, 0) is 11.2 Å². The predicted octanol–water partition coefficient (Wildman–Crippen LogP) is 3.20. The molecule has 0 fully saturated rings. The molecule has 0 spiro atoms. The number of nitrogens with one attached hydrogen (secondary N) is 2. The van der Waals surface area contributed by atoms with Crippen molar-refractivity contribution in [2.75, 3.05) is 5.32 Å². The molecule has 2 rings (SSSR count). The van der Waals surface area contributed by atoms with Gasteiger partial charge in [0.15, 0.2) is 5.82 Å². The van der Waals surface area contributed by atoms with Gasteiger partial charge in [-0.25, -0.2) is 0 Å². The number of carbonyl (C=O) groups is 1. The third-order valence-corrected chi connectivity index (χ3v) is 3.46. The van der Waals surface area contributed by atoms with Crippen molar-refractivity contribution in [1.29, 1.82) is 0 Å². The van der Waals surface area contributed by atoms with E-state index in [-0.39, 0.29) is 5.91 Å². The van der Waals surface area contributed by atoms with Crippen molar-refractivity contribution in [3.05, 3.63) is 41.3 Å². The summed E-state index contributed by atoms with van der Waals surface area (Å²) in [5, 5.41) is 9.95. The van der Waals surface area contributed by atoms with E-state index in [1.165, 1.54) is 0 Å². The summed E-state index contributed by atoms with van der Waals surface area (Å²) in [6, 6.07) is 5.73. The molecule has 2 heterocycles. The SMILES string of the molecule is CCC[C@@H](C)c1cc(NC(=O)Cc2ccc(C)nc2)n[nH]1. The third-order valence-electron chi connectivity index (χ3n) is 3.46. The third kappa shape index (κ3) is 4.41. The minimum Gasteiger partial charge on any atom is -0.309 e. The Balaban J connectivity index is 1.92. The van der Waals surface area contributed by atoms with Gasteiger partial charge >= 0.3 is 0 Å². The first kappa shape index (κ1) is 15.2. The number of hydrogen-bond acceptors (Lipinski definition) is 3. The Bertz CT molecular complexity index is 589. The van der Waals surface area contributed by atoms with E-state index in [2.05, 4.69) is 34.3 Å². The number of aryl methyl sites for hydroxylation is 1. The van der Waals surface area contributed by atoms with Gasteiger partial charge in [-0.3, -0.25) is 14.9 Å². The summed E-state index contributed by atoms with van der Waals surface area (Å²) in [5.41, 5.74) is 2.90. The maximum Gasteiger partial charge on any atom is 0.230 e. The summed E-state index contributed by atoms with van der Waals surface area (Å²) in [6.07, 6.45) is 4.26. The largest absolute Gasteiger partial charge is 0.309 e. The quantitative estimate of drug-likeness (QED) is 0.856.